The maximum Gasteiger partial charge on any atom is 0.345 e. The minimum absolute atomic E-state index is 0.247. The van der Waals surface area contributed by atoms with Crippen molar-refractivity contribution in [1.29, 1.82) is 0 Å². The lowest BCUT2D eigenvalue weighted by atomic mass is 9.97. The van der Waals surface area contributed by atoms with Gasteiger partial charge in [-0.2, -0.15) is 0 Å². The van der Waals surface area contributed by atoms with Gasteiger partial charge in [-0.1, -0.05) is 0 Å². The Morgan fingerprint density at radius 2 is 2.00 bits per heavy atom. The molecule has 1 unspecified atom stereocenters. The summed E-state index contributed by atoms with van der Waals surface area (Å²) in [5.74, 6) is -4.25. The van der Waals surface area contributed by atoms with E-state index in [4.69, 9.17) is 5.11 Å². The van der Waals surface area contributed by atoms with Crippen LogP contribution >= 0.6 is 0 Å². The van der Waals surface area contributed by atoms with Crippen molar-refractivity contribution in [3.8, 4) is 0 Å². The van der Waals surface area contributed by atoms with E-state index in [2.05, 4.69) is 4.74 Å². The smallest absolute Gasteiger partial charge is 0.345 e. The van der Waals surface area contributed by atoms with Crippen LogP contribution in [0.1, 0.15) is 15.9 Å². The number of ether oxygens (including phenoxy) is 1. The molecule has 1 aromatic carbocycles. The minimum Gasteiger partial charge on any atom is -0.478 e. The normalized spacial score (nSPS) is 18.9. The van der Waals surface area contributed by atoms with Crippen LogP contribution in [-0.2, 0) is 16.0 Å². The lowest BCUT2D eigenvalue weighted by molar-refractivity contribution is -0.147. The fourth-order valence-corrected chi connectivity index (χ4v) is 1.57. The second kappa shape index (κ2) is 3.55. The molecule has 0 saturated carbocycles. The third-order valence-corrected chi connectivity index (χ3v) is 2.32. The van der Waals surface area contributed by atoms with Gasteiger partial charge in [-0.25, -0.2) is 18.4 Å². The number of carbonyl (C=O) groups is 2. The van der Waals surface area contributed by atoms with Gasteiger partial charge in [0.2, 0.25) is 6.10 Å². The van der Waals surface area contributed by atoms with Crippen LogP contribution in [0, 0.1) is 11.6 Å². The van der Waals surface area contributed by atoms with E-state index in [0.29, 0.717) is 0 Å². The Morgan fingerprint density at radius 3 is 2.62 bits per heavy atom. The number of aliphatic carboxylic acids is 1. The zero-order valence-electron chi connectivity index (χ0n) is 7.87. The van der Waals surface area contributed by atoms with Gasteiger partial charge in [-0.3, -0.25) is 0 Å². The van der Waals surface area contributed by atoms with Crippen LogP contribution in [0.25, 0.3) is 0 Å². The van der Waals surface area contributed by atoms with E-state index in [9.17, 15) is 18.4 Å². The van der Waals surface area contributed by atoms with Crippen molar-refractivity contribution in [2.24, 2.45) is 0 Å². The maximum absolute atomic E-state index is 13.3. The van der Waals surface area contributed by atoms with E-state index in [1.165, 1.54) is 0 Å². The summed E-state index contributed by atoms with van der Waals surface area (Å²) in [7, 11) is 0. The highest BCUT2D eigenvalue weighted by Gasteiger charge is 2.35. The van der Waals surface area contributed by atoms with Crippen LogP contribution in [0.3, 0.4) is 0 Å². The number of benzene rings is 1. The first-order valence-corrected chi connectivity index (χ1v) is 4.41. The summed E-state index contributed by atoms with van der Waals surface area (Å²) in [4.78, 5) is 21.9. The summed E-state index contributed by atoms with van der Waals surface area (Å²) in [6, 6.07) is 1.65. The van der Waals surface area contributed by atoms with E-state index in [-0.39, 0.29) is 12.0 Å². The van der Waals surface area contributed by atoms with Crippen molar-refractivity contribution >= 4 is 11.9 Å². The molecule has 0 amide bonds. The molecule has 0 bridgehead atoms. The molecular formula is C10H6F2O4. The van der Waals surface area contributed by atoms with Gasteiger partial charge in [-0.15, -0.1) is 0 Å². The monoisotopic (exact) mass is 228 g/mol. The Labute approximate surface area is 88.4 Å². The van der Waals surface area contributed by atoms with Gasteiger partial charge in [0, 0.05) is 12.0 Å². The van der Waals surface area contributed by atoms with Crippen molar-refractivity contribution in [2.75, 3.05) is 0 Å². The topological polar surface area (TPSA) is 63.6 Å². The van der Waals surface area contributed by atoms with Gasteiger partial charge in [0.05, 0.1) is 0 Å². The number of hydrogen-bond acceptors (Lipinski definition) is 3. The Bertz CT molecular complexity index is 484. The van der Waals surface area contributed by atoms with E-state index in [0.717, 1.165) is 12.1 Å². The summed E-state index contributed by atoms with van der Waals surface area (Å²) < 4.78 is 31.0. The molecule has 1 atom stereocenters. The van der Waals surface area contributed by atoms with Crippen LogP contribution in [0.15, 0.2) is 12.1 Å². The van der Waals surface area contributed by atoms with Crippen molar-refractivity contribution in [2.45, 2.75) is 12.5 Å². The molecule has 0 aliphatic carbocycles. The lowest BCUT2D eigenvalue weighted by Crippen LogP contribution is -2.35. The second-order valence-corrected chi connectivity index (χ2v) is 3.32. The first-order valence-electron chi connectivity index (χ1n) is 4.41. The molecule has 84 valence electrons. The average molecular weight is 228 g/mol. The largest absolute Gasteiger partial charge is 0.478 e. The first kappa shape index (κ1) is 10.5. The van der Waals surface area contributed by atoms with Crippen LogP contribution in [0.5, 0.6) is 0 Å². The molecule has 0 fully saturated rings. The lowest BCUT2D eigenvalue weighted by Gasteiger charge is -2.22. The van der Waals surface area contributed by atoms with E-state index in [1.54, 1.807) is 0 Å². The first-order chi connectivity index (χ1) is 7.50. The highest BCUT2D eigenvalue weighted by atomic mass is 19.1. The number of carboxylic acid groups (broad SMARTS) is 1. The molecule has 1 N–H and O–H groups in total. The predicted octanol–water partition coefficient (Wildman–Crippen LogP) is 1.13. The van der Waals surface area contributed by atoms with Gasteiger partial charge >= 0.3 is 11.9 Å². The summed E-state index contributed by atoms with van der Waals surface area (Å²) in [6.45, 7) is 0. The van der Waals surface area contributed by atoms with Gasteiger partial charge in [0.1, 0.15) is 17.2 Å². The number of rotatable bonds is 1. The standard InChI is InChI=1S/C10H6F2O4/c11-5-1-2-6(12)8-4(5)3-7(9(13)14)16-10(8)15/h1-2,7H,3H2,(H,13,14). The van der Waals surface area contributed by atoms with Crippen molar-refractivity contribution in [3.63, 3.8) is 0 Å². The Balaban J connectivity index is 2.54. The molecule has 0 saturated heterocycles. The second-order valence-electron chi connectivity index (χ2n) is 3.32. The van der Waals surface area contributed by atoms with E-state index < -0.39 is 35.2 Å². The Kier molecular flexibility index (Phi) is 2.34. The number of carbonyl (C=O) groups excluding carboxylic acids is 1. The Hall–Kier alpha value is -1.98. The van der Waals surface area contributed by atoms with Crippen LogP contribution in [0.2, 0.25) is 0 Å². The minimum atomic E-state index is -1.46. The highest BCUT2D eigenvalue weighted by molar-refractivity contribution is 5.95. The van der Waals surface area contributed by atoms with Crippen molar-refractivity contribution in [3.05, 3.63) is 34.9 Å². The van der Waals surface area contributed by atoms with Gasteiger partial charge in [0.25, 0.3) is 0 Å². The fraction of sp³-hybridized carbons (Fsp3) is 0.200. The summed E-state index contributed by atoms with van der Waals surface area (Å²) >= 11 is 0. The quantitative estimate of drug-likeness (QED) is 0.732. The summed E-state index contributed by atoms with van der Waals surface area (Å²) in [5.41, 5.74) is -0.763. The molecule has 1 aliphatic heterocycles. The third-order valence-electron chi connectivity index (χ3n) is 2.32. The summed E-state index contributed by atoms with van der Waals surface area (Å²) in [5, 5.41) is 8.65. The Morgan fingerprint density at radius 1 is 1.38 bits per heavy atom. The molecule has 2 rings (SSSR count). The molecule has 0 aromatic heterocycles. The average Bonchev–Trinajstić information content (AvgIpc) is 2.22. The zero-order chi connectivity index (χ0) is 11.9. The van der Waals surface area contributed by atoms with Crippen LogP contribution < -0.4 is 0 Å². The van der Waals surface area contributed by atoms with E-state index in [1.807, 2.05) is 0 Å². The molecule has 16 heavy (non-hydrogen) atoms. The molecule has 0 radical (unpaired) electrons. The maximum atomic E-state index is 13.3. The zero-order valence-corrected chi connectivity index (χ0v) is 7.87. The van der Waals surface area contributed by atoms with Crippen LogP contribution in [-0.4, -0.2) is 23.1 Å². The number of hydrogen-bond donors (Lipinski definition) is 1. The van der Waals surface area contributed by atoms with Crippen molar-refractivity contribution in [1.82, 2.24) is 0 Å². The molecule has 1 aliphatic rings. The molecule has 4 nitrogen and oxygen atoms in total. The molecular weight excluding hydrogens is 222 g/mol. The van der Waals surface area contributed by atoms with Gasteiger partial charge in [-0.05, 0) is 12.1 Å². The van der Waals surface area contributed by atoms with Crippen molar-refractivity contribution < 1.29 is 28.2 Å². The highest BCUT2D eigenvalue weighted by Crippen LogP contribution is 2.25. The number of carboxylic acids is 1. The SMILES string of the molecule is O=C1OC(C(=O)O)Cc2c(F)ccc(F)c21. The molecule has 1 heterocycles. The number of fused-ring (bicyclic) bond motifs is 1. The molecule has 6 heteroatoms. The van der Waals surface area contributed by atoms with Crippen LogP contribution in [0.4, 0.5) is 8.78 Å². The van der Waals surface area contributed by atoms with Gasteiger partial charge < -0.3 is 9.84 Å². The summed E-state index contributed by atoms with van der Waals surface area (Å²) in [6.07, 6.45) is -1.82. The number of cyclic esters (lactones) is 1. The fourth-order valence-electron chi connectivity index (χ4n) is 1.57. The number of halogens is 2. The number of esters is 1. The van der Waals surface area contributed by atoms with E-state index >= 15 is 0 Å². The molecule has 1 aromatic rings. The molecule has 0 spiro atoms. The third kappa shape index (κ3) is 1.52. The predicted molar refractivity (Wildman–Crippen MR) is 46.9 cm³/mol. The van der Waals surface area contributed by atoms with Gasteiger partial charge in [0.15, 0.2) is 0 Å².